The Kier molecular flexibility index (Phi) is 4.21. The highest BCUT2D eigenvalue weighted by molar-refractivity contribution is 6.74. The van der Waals surface area contributed by atoms with Crippen molar-refractivity contribution in [1.82, 2.24) is 0 Å². The van der Waals surface area contributed by atoms with E-state index in [4.69, 9.17) is 4.43 Å². The summed E-state index contributed by atoms with van der Waals surface area (Å²) in [6.45, 7) is 13.6. The standard InChI is InChI=1S/C17H30O2Si/c1-12-9-13-11-14(7-8-15(13)16(18)10-12)19-20(5,6)17(2,3)4/h7,12-13,15H,8-11H2,1-6H3/t12-,13+,15-/m1/s1. The topological polar surface area (TPSA) is 26.3 Å². The van der Waals surface area contributed by atoms with E-state index in [-0.39, 0.29) is 11.0 Å². The van der Waals surface area contributed by atoms with E-state index in [2.05, 4.69) is 46.9 Å². The number of carbonyl (C=O) groups is 1. The normalized spacial score (nSPS) is 31.6. The van der Waals surface area contributed by atoms with E-state index in [0.717, 1.165) is 19.3 Å². The molecule has 0 aromatic rings. The van der Waals surface area contributed by atoms with Crippen LogP contribution in [-0.2, 0) is 9.22 Å². The number of carbonyl (C=O) groups excluding carboxylic acids is 1. The highest BCUT2D eigenvalue weighted by atomic mass is 28.4. The van der Waals surface area contributed by atoms with Gasteiger partial charge in [0, 0.05) is 18.8 Å². The molecule has 0 aliphatic heterocycles. The molecular weight excluding hydrogens is 264 g/mol. The van der Waals surface area contributed by atoms with Gasteiger partial charge in [-0.2, -0.15) is 0 Å². The summed E-state index contributed by atoms with van der Waals surface area (Å²) in [5, 5.41) is 0.236. The van der Waals surface area contributed by atoms with Crippen LogP contribution in [0.1, 0.15) is 53.4 Å². The van der Waals surface area contributed by atoms with Gasteiger partial charge in [-0.15, -0.1) is 0 Å². The van der Waals surface area contributed by atoms with Gasteiger partial charge in [0.2, 0.25) is 8.32 Å². The van der Waals surface area contributed by atoms with Crippen molar-refractivity contribution in [2.75, 3.05) is 0 Å². The molecule has 0 heterocycles. The highest BCUT2D eigenvalue weighted by Crippen LogP contribution is 2.44. The Morgan fingerprint density at radius 3 is 2.50 bits per heavy atom. The molecule has 2 nitrogen and oxygen atoms in total. The summed E-state index contributed by atoms with van der Waals surface area (Å²) in [5.74, 6) is 3.00. The minimum Gasteiger partial charge on any atom is -0.547 e. The SMILES string of the molecule is C[C@H]1CC(=O)[C@@H]2CC=C(O[Si](C)(C)C(C)(C)C)C[C@@H]2C1. The molecule has 0 N–H and O–H groups in total. The molecule has 114 valence electrons. The lowest BCUT2D eigenvalue weighted by molar-refractivity contribution is -0.128. The van der Waals surface area contributed by atoms with Crippen LogP contribution in [0.15, 0.2) is 11.8 Å². The maximum atomic E-state index is 12.1. The lowest BCUT2D eigenvalue weighted by Crippen LogP contribution is -2.42. The second kappa shape index (κ2) is 5.32. The number of hydrogen-bond donors (Lipinski definition) is 0. The lowest BCUT2D eigenvalue weighted by atomic mass is 9.69. The number of ketones is 1. The summed E-state index contributed by atoms with van der Waals surface area (Å²) < 4.78 is 6.45. The van der Waals surface area contributed by atoms with Crippen LogP contribution in [0, 0.1) is 17.8 Å². The molecular formula is C17H30O2Si. The molecule has 0 saturated heterocycles. The molecule has 3 atom stereocenters. The fourth-order valence-corrected chi connectivity index (χ4v) is 4.36. The molecule has 0 spiro atoms. The van der Waals surface area contributed by atoms with Gasteiger partial charge in [-0.3, -0.25) is 4.79 Å². The summed E-state index contributed by atoms with van der Waals surface area (Å²) in [6.07, 6.45) is 6.06. The summed E-state index contributed by atoms with van der Waals surface area (Å²) in [7, 11) is -1.74. The van der Waals surface area contributed by atoms with Crippen LogP contribution in [0.25, 0.3) is 0 Å². The van der Waals surface area contributed by atoms with Gasteiger partial charge >= 0.3 is 0 Å². The van der Waals surface area contributed by atoms with E-state index in [1.807, 2.05) is 0 Å². The Hall–Kier alpha value is -0.573. The van der Waals surface area contributed by atoms with Gasteiger partial charge in [0.05, 0.1) is 5.76 Å². The Balaban J connectivity index is 2.08. The second-order valence-corrected chi connectivity index (χ2v) is 13.1. The first-order chi connectivity index (χ1) is 9.10. The van der Waals surface area contributed by atoms with E-state index in [9.17, 15) is 4.79 Å². The molecule has 0 amide bonds. The van der Waals surface area contributed by atoms with E-state index >= 15 is 0 Å². The number of fused-ring (bicyclic) bond motifs is 1. The monoisotopic (exact) mass is 294 g/mol. The van der Waals surface area contributed by atoms with Gasteiger partial charge < -0.3 is 4.43 Å². The zero-order valence-corrected chi connectivity index (χ0v) is 15.0. The Morgan fingerprint density at radius 1 is 1.25 bits per heavy atom. The third-order valence-corrected chi connectivity index (χ3v) is 9.88. The van der Waals surface area contributed by atoms with Crippen molar-refractivity contribution >= 4 is 14.1 Å². The highest BCUT2D eigenvalue weighted by Gasteiger charge is 2.42. The van der Waals surface area contributed by atoms with E-state index in [1.165, 1.54) is 12.2 Å². The van der Waals surface area contributed by atoms with E-state index < -0.39 is 8.32 Å². The van der Waals surface area contributed by atoms with Crippen LogP contribution < -0.4 is 0 Å². The average Bonchev–Trinajstić information content (AvgIpc) is 2.25. The first kappa shape index (κ1) is 15.8. The van der Waals surface area contributed by atoms with Crippen molar-refractivity contribution < 1.29 is 9.22 Å². The van der Waals surface area contributed by atoms with Gasteiger partial charge in [-0.1, -0.05) is 27.7 Å². The van der Waals surface area contributed by atoms with Crippen LogP contribution >= 0.6 is 0 Å². The summed E-state index contributed by atoms with van der Waals surface area (Å²) in [4.78, 5) is 12.1. The van der Waals surface area contributed by atoms with Crippen molar-refractivity contribution in [2.45, 2.75) is 71.5 Å². The van der Waals surface area contributed by atoms with Gasteiger partial charge in [-0.05, 0) is 48.9 Å². The second-order valence-electron chi connectivity index (χ2n) is 8.35. The van der Waals surface area contributed by atoms with Crippen molar-refractivity contribution in [1.29, 1.82) is 0 Å². The predicted molar refractivity (Wildman–Crippen MR) is 86.0 cm³/mol. The molecule has 0 unspecified atom stereocenters. The summed E-state index contributed by atoms with van der Waals surface area (Å²) >= 11 is 0. The largest absolute Gasteiger partial charge is 0.547 e. The van der Waals surface area contributed by atoms with Crippen LogP contribution in [0.2, 0.25) is 18.1 Å². The third-order valence-electron chi connectivity index (χ3n) is 5.49. The van der Waals surface area contributed by atoms with Crippen molar-refractivity contribution in [3.05, 3.63) is 11.8 Å². The van der Waals surface area contributed by atoms with Crippen LogP contribution in [-0.4, -0.2) is 14.1 Å². The molecule has 3 heteroatoms. The Morgan fingerprint density at radius 2 is 1.90 bits per heavy atom. The maximum absolute atomic E-state index is 12.1. The fourth-order valence-electron chi connectivity index (χ4n) is 3.24. The smallest absolute Gasteiger partial charge is 0.250 e. The molecule has 1 fully saturated rings. The average molecular weight is 295 g/mol. The van der Waals surface area contributed by atoms with Gasteiger partial charge in [0.15, 0.2) is 0 Å². The molecule has 20 heavy (non-hydrogen) atoms. The molecule has 2 aliphatic rings. The lowest BCUT2D eigenvalue weighted by Gasteiger charge is -2.41. The quantitative estimate of drug-likeness (QED) is 0.676. The predicted octanol–water partition coefficient (Wildman–Crippen LogP) is 4.92. The molecule has 0 bridgehead atoms. The zero-order valence-electron chi connectivity index (χ0n) is 14.0. The number of allylic oxidation sites excluding steroid dienone is 2. The molecule has 1 saturated carbocycles. The van der Waals surface area contributed by atoms with Crippen LogP contribution in [0.3, 0.4) is 0 Å². The van der Waals surface area contributed by atoms with Crippen molar-refractivity contribution in [3.8, 4) is 0 Å². The molecule has 0 aromatic carbocycles. The molecule has 2 rings (SSSR count). The molecule has 2 aliphatic carbocycles. The fraction of sp³-hybridized carbons (Fsp3) is 0.824. The minimum absolute atomic E-state index is 0.236. The van der Waals surface area contributed by atoms with Gasteiger partial charge in [-0.25, -0.2) is 0 Å². The molecule has 0 radical (unpaired) electrons. The van der Waals surface area contributed by atoms with Gasteiger partial charge in [0.1, 0.15) is 5.78 Å². The summed E-state index contributed by atoms with van der Waals surface area (Å²) in [6, 6.07) is 0. The van der Waals surface area contributed by atoms with Gasteiger partial charge in [0.25, 0.3) is 0 Å². The van der Waals surface area contributed by atoms with Crippen LogP contribution in [0.4, 0.5) is 0 Å². The maximum Gasteiger partial charge on any atom is 0.250 e. The Labute approximate surface area is 125 Å². The van der Waals surface area contributed by atoms with E-state index in [1.54, 1.807) is 0 Å². The first-order valence-electron chi connectivity index (χ1n) is 8.01. The van der Waals surface area contributed by atoms with Crippen molar-refractivity contribution in [3.63, 3.8) is 0 Å². The van der Waals surface area contributed by atoms with Crippen molar-refractivity contribution in [2.24, 2.45) is 17.8 Å². The number of hydrogen-bond acceptors (Lipinski definition) is 2. The number of rotatable bonds is 2. The van der Waals surface area contributed by atoms with E-state index in [0.29, 0.717) is 17.6 Å². The first-order valence-corrected chi connectivity index (χ1v) is 10.9. The Bertz CT molecular complexity index is 417. The minimum atomic E-state index is -1.74. The third kappa shape index (κ3) is 3.18. The van der Waals surface area contributed by atoms with Crippen LogP contribution in [0.5, 0.6) is 0 Å². The molecule has 0 aromatic heterocycles. The summed E-state index contributed by atoms with van der Waals surface area (Å²) in [5.41, 5.74) is 0. The zero-order chi connectivity index (χ0) is 15.1. The number of Topliss-reactive ketones (excluding diaryl/α,β-unsaturated/α-hetero) is 1.